The fourth-order valence-electron chi connectivity index (χ4n) is 3.58. The van der Waals surface area contributed by atoms with Crippen molar-refractivity contribution < 1.29 is 18.8 Å². The van der Waals surface area contributed by atoms with Gasteiger partial charge in [0, 0.05) is 42.4 Å². The molecule has 0 aliphatic carbocycles. The largest absolute Gasteiger partial charge is 0.339 e. The van der Waals surface area contributed by atoms with Crippen LogP contribution in [0.4, 0.5) is 15.8 Å². The zero-order valence-electron chi connectivity index (χ0n) is 17.9. The SMILES string of the molecule is CC(C)CC(=O)Nc1ccc(NC(=O)C2CCN(C(=O)c3ccc(F)cc3)CC2)cc1. The summed E-state index contributed by atoms with van der Waals surface area (Å²) in [5.74, 6) is -0.523. The van der Waals surface area contributed by atoms with Gasteiger partial charge < -0.3 is 15.5 Å². The molecule has 1 aliphatic rings. The summed E-state index contributed by atoms with van der Waals surface area (Å²) < 4.78 is 13.0. The van der Waals surface area contributed by atoms with Crippen LogP contribution in [0.2, 0.25) is 0 Å². The summed E-state index contributed by atoms with van der Waals surface area (Å²) in [5.41, 5.74) is 1.80. The molecule has 0 unspecified atom stereocenters. The minimum Gasteiger partial charge on any atom is -0.339 e. The van der Waals surface area contributed by atoms with Crippen LogP contribution in [0, 0.1) is 17.7 Å². The van der Waals surface area contributed by atoms with Gasteiger partial charge in [-0.3, -0.25) is 14.4 Å². The van der Waals surface area contributed by atoms with Crippen LogP contribution >= 0.6 is 0 Å². The lowest BCUT2D eigenvalue weighted by molar-refractivity contribution is -0.121. The van der Waals surface area contributed by atoms with E-state index < -0.39 is 0 Å². The van der Waals surface area contributed by atoms with Crippen molar-refractivity contribution in [2.24, 2.45) is 11.8 Å². The fraction of sp³-hybridized carbons (Fsp3) is 0.375. The van der Waals surface area contributed by atoms with Gasteiger partial charge in [-0.25, -0.2) is 4.39 Å². The van der Waals surface area contributed by atoms with Crippen LogP contribution in [-0.4, -0.2) is 35.7 Å². The molecule has 3 rings (SSSR count). The highest BCUT2D eigenvalue weighted by atomic mass is 19.1. The Morgan fingerprint density at radius 3 is 2.03 bits per heavy atom. The molecule has 1 saturated heterocycles. The van der Waals surface area contributed by atoms with E-state index in [1.54, 1.807) is 29.2 Å². The van der Waals surface area contributed by atoms with E-state index >= 15 is 0 Å². The van der Waals surface area contributed by atoms with Crippen LogP contribution < -0.4 is 10.6 Å². The third-order valence-electron chi connectivity index (χ3n) is 5.27. The smallest absolute Gasteiger partial charge is 0.253 e. The molecule has 0 spiro atoms. The first-order valence-electron chi connectivity index (χ1n) is 10.6. The molecule has 3 amide bonds. The Hall–Kier alpha value is -3.22. The molecule has 6 nitrogen and oxygen atoms in total. The molecule has 31 heavy (non-hydrogen) atoms. The predicted molar refractivity (Wildman–Crippen MR) is 118 cm³/mol. The molecule has 0 atom stereocenters. The van der Waals surface area contributed by atoms with E-state index in [0.717, 1.165) is 0 Å². The minimum atomic E-state index is -0.377. The van der Waals surface area contributed by atoms with Gasteiger partial charge in [0.05, 0.1) is 0 Å². The molecule has 0 bridgehead atoms. The van der Waals surface area contributed by atoms with Gasteiger partial charge in [-0.2, -0.15) is 0 Å². The molecule has 2 aromatic rings. The number of rotatable bonds is 6. The molecule has 1 aliphatic heterocycles. The molecule has 1 fully saturated rings. The van der Waals surface area contributed by atoms with Gasteiger partial charge >= 0.3 is 0 Å². The highest BCUT2D eigenvalue weighted by molar-refractivity contribution is 5.96. The molecule has 2 N–H and O–H groups in total. The molecule has 164 valence electrons. The summed E-state index contributed by atoms with van der Waals surface area (Å²) in [4.78, 5) is 38.7. The number of halogens is 1. The van der Waals surface area contributed by atoms with Crippen LogP contribution in [0.25, 0.3) is 0 Å². The fourth-order valence-corrected chi connectivity index (χ4v) is 3.58. The van der Waals surface area contributed by atoms with E-state index in [0.29, 0.717) is 49.3 Å². The highest BCUT2D eigenvalue weighted by Crippen LogP contribution is 2.22. The van der Waals surface area contributed by atoms with E-state index in [9.17, 15) is 18.8 Å². The minimum absolute atomic E-state index is 0.0336. The summed E-state index contributed by atoms with van der Waals surface area (Å²) in [6, 6.07) is 12.5. The van der Waals surface area contributed by atoms with Crippen molar-refractivity contribution in [3.05, 3.63) is 59.9 Å². The Labute approximate surface area is 181 Å². The monoisotopic (exact) mass is 425 g/mol. The zero-order valence-corrected chi connectivity index (χ0v) is 17.9. The maximum Gasteiger partial charge on any atom is 0.253 e. The third kappa shape index (κ3) is 6.38. The van der Waals surface area contributed by atoms with Crippen molar-refractivity contribution in [3.63, 3.8) is 0 Å². The Balaban J connectivity index is 1.48. The van der Waals surface area contributed by atoms with E-state index in [-0.39, 0.29) is 35.4 Å². The Morgan fingerprint density at radius 1 is 0.935 bits per heavy atom. The van der Waals surface area contributed by atoms with Crippen LogP contribution in [0.5, 0.6) is 0 Å². The van der Waals surface area contributed by atoms with Gasteiger partial charge in [-0.1, -0.05) is 13.8 Å². The maximum atomic E-state index is 13.0. The summed E-state index contributed by atoms with van der Waals surface area (Å²) in [5, 5.41) is 5.75. The van der Waals surface area contributed by atoms with Gasteiger partial charge in [0.25, 0.3) is 5.91 Å². The lowest BCUT2D eigenvalue weighted by Crippen LogP contribution is -2.41. The Bertz CT molecular complexity index is 918. The number of carbonyl (C=O) groups is 3. The highest BCUT2D eigenvalue weighted by Gasteiger charge is 2.28. The molecular formula is C24H28FN3O3. The first kappa shape index (κ1) is 22.5. The number of hydrogen-bond donors (Lipinski definition) is 2. The number of benzene rings is 2. The van der Waals surface area contributed by atoms with E-state index in [1.165, 1.54) is 24.3 Å². The third-order valence-corrected chi connectivity index (χ3v) is 5.27. The molecule has 2 aromatic carbocycles. The number of nitrogens with zero attached hydrogens (tertiary/aromatic N) is 1. The summed E-state index contributed by atoms with van der Waals surface area (Å²) >= 11 is 0. The number of carbonyl (C=O) groups excluding carboxylic acids is 3. The van der Waals surface area contributed by atoms with E-state index in [4.69, 9.17) is 0 Å². The Morgan fingerprint density at radius 2 is 1.48 bits per heavy atom. The van der Waals surface area contributed by atoms with Crippen molar-refractivity contribution >= 4 is 29.1 Å². The summed E-state index contributed by atoms with van der Waals surface area (Å²) in [6.07, 6.45) is 1.60. The molecule has 0 saturated carbocycles. The van der Waals surface area contributed by atoms with Crippen LogP contribution in [0.15, 0.2) is 48.5 Å². The molecule has 0 aromatic heterocycles. The lowest BCUT2D eigenvalue weighted by atomic mass is 9.95. The molecule has 7 heteroatoms. The van der Waals surface area contributed by atoms with Crippen molar-refractivity contribution in [2.45, 2.75) is 33.1 Å². The molecule has 1 heterocycles. The second-order valence-electron chi connectivity index (χ2n) is 8.29. The van der Waals surface area contributed by atoms with Gasteiger partial charge in [0.2, 0.25) is 11.8 Å². The first-order valence-corrected chi connectivity index (χ1v) is 10.6. The number of piperidine rings is 1. The standard InChI is InChI=1S/C24H28FN3O3/c1-16(2)15-22(29)26-20-7-9-21(10-8-20)27-23(30)17-11-13-28(14-12-17)24(31)18-3-5-19(25)6-4-18/h3-10,16-17H,11-15H2,1-2H3,(H,26,29)(H,27,30). The number of nitrogens with one attached hydrogen (secondary N) is 2. The van der Waals surface area contributed by atoms with Crippen LogP contribution in [0.1, 0.15) is 43.5 Å². The Kier molecular flexibility index (Phi) is 7.39. The number of hydrogen-bond acceptors (Lipinski definition) is 3. The first-order chi connectivity index (χ1) is 14.8. The molecule has 0 radical (unpaired) electrons. The second kappa shape index (κ2) is 10.2. The van der Waals surface area contributed by atoms with Gasteiger partial charge in [0.1, 0.15) is 5.82 Å². The normalized spacial score (nSPS) is 14.4. The van der Waals surface area contributed by atoms with E-state index in [2.05, 4.69) is 10.6 Å². The predicted octanol–water partition coefficient (Wildman–Crippen LogP) is 4.30. The lowest BCUT2D eigenvalue weighted by Gasteiger charge is -2.31. The average molecular weight is 426 g/mol. The topological polar surface area (TPSA) is 78.5 Å². The number of likely N-dealkylation sites (tertiary alicyclic amines) is 1. The van der Waals surface area contributed by atoms with Gasteiger partial charge in [0.15, 0.2) is 0 Å². The van der Waals surface area contributed by atoms with Gasteiger partial charge in [-0.05, 0) is 67.3 Å². The summed E-state index contributed by atoms with van der Waals surface area (Å²) in [6.45, 7) is 4.94. The van der Waals surface area contributed by atoms with E-state index in [1.807, 2.05) is 13.8 Å². The number of amides is 3. The maximum absolute atomic E-state index is 13.0. The average Bonchev–Trinajstić information content (AvgIpc) is 2.74. The van der Waals surface area contributed by atoms with Gasteiger partial charge in [-0.15, -0.1) is 0 Å². The quantitative estimate of drug-likeness (QED) is 0.724. The van der Waals surface area contributed by atoms with Crippen molar-refractivity contribution in [3.8, 4) is 0 Å². The van der Waals surface area contributed by atoms with Crippen LogP contribution in [0.3, 0.4) is 0 Å². The van der Waals surface area contributed by atoms with Crippen molar-refractivity contribution in [1.29, 1.82) is 0 Å². The number of anilines is 2. The second-order valence-corrected chi connectivity index (χ2v) is 8.29. The summed E-state index contributed by atoms with van der Waals surface area (Å²) in [7, 11) is 0. The van der Waals surface area contributed by atoms with Crippen molar-refractivity contribution in [1.82, 2.24) is 4.90 Å². The van der Waals surface area contributed by atoms with Crippen molar-refractivity contribution in [2.75, 3.05) is 23.7 Å². The zero-order chi connectivity index (χ0) is 22.4. The van der Waals surface area contributed by atoms with Crippen LogP contribution in [-0.2, 0) is 9.59 Å². The molecular weight excluding hydrogens is 397 g/mol.